The van der Waals surface area contributed by atoms with E-state index in [0.29, 0.717) is 6.61 Å². The van der Waals surface area contributed by atoms with Crippen LogP contribution in [0.25, 0.3) is 0 Å². The summed E-state index contributed by atoms with van der Waals surface area (Å²) in [5.74, 6) is 0.742. The van der Waals surface area contributed by atoms with Crippen LogP contribution in [0.1, 0.15) is 25.5 Å². The highest BCUT2D eigenvalue weighted by Gasteiger charge is 2.08. The zero-order valence-electron chi connectivity index (χ0n) is 7.75. The molecule has 1 aromatic carbocycles. The molecule has 0 unspecified atom stereocenters. The van der Waals surface area contributed by atoms with Crippen LogP contribution in [0, 0.1) is 0 Å². The molecule has 1 rings (SSSR count). The van der Waals surface area contributed by atoms with Gasteiger partial charge in [0.05, 0.1) is 12.7 Å². The summed E-state index contributed by atoms with van der Waals surface area (Å²) in [6.07, 6.45) is -0.491. The number of ether oxygens (including phenoxy) is 1. The molecule has 0 amide bonds. The summed E-state index contributed by atoms with van der Waals surface area (Å²) in [5.41, 5.74) is 0.824. The van der Waals surface area contributed by atoms with E-state index < -0.39 is 6.10 Å². The minimum atomic E-state index is -0.491. The van der Waals surface area contributed by atoms with Gasteiger partial charge in [-0.15, -0.1) is 0 Å². The van der Waals surface area contributed by atoms with Gasteiger partial charge in [-0.1, -0.05) is 22.0 Å². The molecule has 0 radical (unpaired) electrons. The lowest BCUT2D eigenvalue weighted by atomic mass is 10.1. The van der Waals surface area contributed by atoms with Gasteiger partial charge < -0.3 is 9.84 Å². The predicted octanol–water partition coefficient (Wildman–Crippen LogP) is 2.90. The van der Waals surface area contributed by atoms with Crippen LogP contribution in [0.15, 0.2) is 22.7 Å². The molecule has 0 saturated carbocycles. The summed E-state index contributed by atoms with van der Waals surface area (Å²) in [5, 5.41) is 9.43. The number of hydrogen-bond acceptors (Lipinski definition) is 2. The van der Waals surface area contributed by atoms with Crippen LogP contribution in [0.5, 0.6) is 5.75 Å². The summed E-state index contributed by atoms with van der Waals surface area (Å²) in [7, 11) is 0. The van der Waals surface area contributed by atoms with Gasteiger partial charge in [-0.05, 0) is 26.0 Å². The first-order valence-corrected chi connectivity index (χ1v) is 5.04. The highest BCUT2D eigenvalue weighted by atomic mass is 79.9. The van der Waals surface area contributed by atoms with E-state index >= 15 is 0 Å². The number of halogens is 1. The molecular formula is C10H13BrO2. The minimum absolute atomic E-state index is 0.491. The fourth-order valence-corrected chi connectivity index (χ4v) is 1.47. The smallest absolute Gasteiger partial charge is 0.126 e. The molecule has 0 aliphatic heterocycles. The number of hydrogen-bond donors (Lipinski definition) is 1. The topological polar surface area (TPSA) is 29.5 Å². The van der Waals surface area contributed by atoms with Crippen molar-refractivity contribution >= 4 is 15.9 Å². The van der Waals surface area contributed by atoms with Crippen LogP contribution in [0.4, 0.5) is 0 Å². The highest BCUT2D eigenvalue weighted by molar-refractivity contribution is 9.10. The van der Waals surface area contributed by atoms with Gasteiger partial charge in [0.2, 0.25) is 0 Å². The van der Waals surface area contributed by atoms with Crippen LogP contribution in [0.2, 0.25) is 0 Å². The third-order valence-corrected chi connectivity index (χ3v) is 2.22. The molecule has 3 heteroatoms. The lowest BCUT2D eigenvalue weighted by Crippen LogP contribution is -1.99. The standard InChI is InChI=1S/C10H13BrO2/c1-3-13-10-6-8(11)4-5-9(10)7(2)12/h4-7,12H,3H2,1-2H3/t7-/m1/s1. The Morgan fingerprint density at radius 1 is 1.54 bits per heavy atom. The van der Waals surface area contributed by atoms with E-state index in [1.165, 1.54) is 0 Å². The number of aliphatic hydroxyl groups is 1. The third kappa shape index (κ3) is 2.71. The van der Waals surface area contributed by atoms with Crippen molar-refractivity contribution in [2.24, 2.45) is 0 Å². The lowest BCUT2D eigenvalue weighted by Gasteiger charge is -2.12. The van der Waals surface area contributed by atoms with Crippen LogP contribution in [0.3, 0.4) is 0 Å². The molecule has 0 heterocycles. The summed E-state index contributed by atoms with van der Waals surface area (Å²) in [4.78, 5) is 0. The molecule has 0 fully saturated rings. The normalized spacial score (nSPS) is 12.6. The van der Waals surface area contributed by atoms with Gasteiger partial charge in [0.15, 0.2) is 0 Å². The quantitative estimate of drug-likeness (QED) is 0.887. The molecular weight excluding hydrogens is 232 g/mol. The lowest BCUT2D eigenvalue weighted by molar-refractivity contribution is 0.192. The molecule has 0 saturated heterocycles. The Hall–Kier alpha value is -0.540. The maximum atomic E-state index is 9.43. The Morgan fingerprint density at radius 2 is 2.23 bits per heavy atom. The molecule has 0 aliphatic rings. The van der Waals surface area contributed by atoms with Crippen molar-refractivity contribution < 1.29 is 9.84 Å². The van der Waals surface area contributed by atoms with E-state index in [1.54, 1.807) is 6.92 Å². The van der Waals surface area contributed by atoms with Crippen molar-refractivity contribution in [3.63, 3.8) is 0 Å². The molecule has 0 spiro atoms. The fourth-order valence-electron chi connectivity index (χ4n) is 1.13. The molecule has 72 valence electrons. The first-order valence-electron chi connectivity index (χ1n) is 4.25. The van der Waals surface area contributed by atoms with Gasteiger partial charge in [0.25, 0.3) is 0 Å². The maximum absolute atomic E-state index is 9.43. The van der Waals surface area contributed by atoms with Gasteiger partial charge in [0.1, 0.15) is 5.75 Å². The summed E-state index contributed by atoms with van der Waals surface area (Å²) in [6, 6.07) is 5.62. The van der Waals surface area contributed by atoms with Crippen LogP contribution in [-0.4, -0.2) is 11.7 Å². The zero-order valence-corrected chi connectivity index (χ0v) is 9.34. The fraction of sp³-hybridized carbons (Fsp3) is 0.400. The highest BCUT2D eigenvalue weighted by Crippen LogP contribution is 2.28. The third-order valence-electron chi connectivity index (χ3n) is 1.73. The summed E-state index contributed by atoms with van der Waals surface area (Å²) < 4.78 is 6.35. The zero-order chi connectivity index (χ0) is 9.84. The van der Waals surface area contributed by atoms with E-state index in [1.807, 2.05) is 25.1 Å². The summed E-state index contributed by atoms with van der Waals surface area (Å²) >= 11 is 3.35. The monoisotopic (exact) mass is 244 g/mol. The minimum Gasteiger partial charge on any atom is -0.493 e. The second-order valence-electron chi connectivity index (χ2n) is 2.79. The van der Waals surface area contributed by atoms with Crippen molar-refractivity contribution in [2.45, 2.75) is 20.0 Å². The van der Waals surface area contributed by atoms with E-state index in [9.17, 15) is 5.11 Å². The van der Waals surface area contributed by atoms with Crippen molar-refractivity contribution in [1.82, 2.24) is 0 Å². The van der Waals surface area contributed by atoms with E-state index in [0.717, 1.165) is 15.8 Å². The average molecular weight is 245 g/mol. The molecule has 1 aromatic rings. The van der Waals surface area contributed by atoms with Gasteiger partial charge in [-0.25, -0.2) is 0 Å². The Kier molecular flexibility index (Phi) is 3.75. The molecule has 0 aliphatic carbocycles. The Morgan fingerprint density at radius 3 is 2.77 bits per heavy atom. The predicted molar refractivity (Wildman–Crippen MR) is 55.9 cm³/mol. The van der Waals surface area contributed by atoms with Crippen LogP contribution in [-0.2, 0) is 0 Å². The van der Waals surface area contributed by atoms with Crippen molar-refractivity contribution in [2.75, 3.05) is 6.61 Å². The summed E-state index contributed by atoms with van der Waals surface area (Å²) in [6.45, 7) is 4.26. The Bertz CT molecular complexity index is 284. The van der Waals surface area contributed by atoms with E-state index in [4.69, 9.17) is 4.74 Å². The second-order valence-corrected chi connectivity index (χ2v) is 3.71. The maximum Gasteiger partial charge on any atom is 0.126 e. The Balaban J connectivity index is 3.03. The van der Waals surface area contributed by atoms with Crippen molar-refractivity contribution in [3.05, 3.63) is 28.2 Å². The van der Waals surface area contributed by atoms with Gasteiger partial charge >= 0.3 is 0 Å². The van der Waals surface area contributed by atoms with Gasteiger partial charge in [0, 0.05) is 10.0 Å². The van der Waals surface area contributed by atoms with Gasteiger partial charge in [-0.3, -0.25) is 0 Å². The number of benzene rings is 1. The van der Waals surface area contributed by atoms with Crippen molar-refractivity contribution in [1.29, 1.82) is 0 Å². The number of aliphatic hydroxyl groups excluding tert-OH is 1. The van der Waals surface area contributed by atoms with E-state index in [2.05, 4.69) is 15.9 Å². The van der Waals surface area contributed by atoms with Gasteiger partial charge in [-0.2, -0.15) is 0 Å². The van der Waals surface area contributed by atoms with Crippen LogP contribution >= 0.6 is 15.9 Å². The Labute approximate surface area is 86.7 Å². The first-order chi connectivity index (χ1) is 6.15. The molecule has 0 aromatic heterocycles. The number of rotatable bonds is 3. The first kappa shape index (κ1) is 10.5. The molecule has 13 heavy (non-hydrogen) atoms. The van der Waals surface area contributed by atoms with E-state index in [-0.39, 0.29) is 0 Å². The second kappa shape index (κ2) is 4.63. The average Bonchev–Trinajstić information content (AvgIpc) is 2.04. The SMILES string of the molecule is CCOc1cc(Br)ccc1[C@@H](C)O. The molecule has 1 atom stereocenters. The molecule has 2 nitrogen and oxygen atoms in total. The largest absolute Gasteiger partial charge is 0.493 e. The molecule has 0 bridgehead atoms. The van der Waals surface area contributed by atoms with Crippen LogP contribution < -0.4 is 4.74 Å². The molecule has 1 N–H and O–H groups in total. The van der Waals surface area contributed by atoms with Crippen molar-refractivity contribution in [3.8, 4) is 5.75 Å².